The van der Waals surface area contributed by atoms with Gasteiger partial charge in [-0.05, 0) is 24.6 Å². The normalized spacial score (nSPS) is 12.4. The maximum absolute atomic E-state index is 6.14. The van der Waals surface area contributed by atoms with Crippen molar-refractivity contribution in [1.29, 1.82) is 0 Å². The highest BCUT2D eigenvalue weighted by Gasteiger charge is 2.16. The van der Waals surface area contributed by atoms with Crippen molar-refractivity contribution < 1.29 is 4.74 Å². The molecule has 0 bridgehead atoms. The molecule has 0 saturated heterocycles. The van der Waals surface area contributed by atoms with E-state index in [1.165, 1.54) is 16.2 Å². The van der Waals surface area contributed by atoms with E-state index in [9.17, 15) is 0 Å². The molecule has 5 heteroatoms. The lowest BCUT2D eigenvalue weighted by Gasteiger charge is -2.12. The molecular formula is C13H15ClN2OS. The summed E-state index contributed by atoms with van der Waals surface area (Å²) in [6.07, 6.45) is 0. The molecule has 0 aliphatic rings. The summed E-state index contributed by atoms with van der Waals surface area (Å²) in [5.74, 6) is 0.913. The number of nitrogens with two attached hydrogens (primary N) is 1. The molecule has 0 saturated carbocycles. The third kappa shape index (κ3) is 2.44. The van der Waals surface area contributed by atoms with Gasteiger partial charge in [0.25, 0.3) is 0 Å². The van der Waals surface area contributed by atoms with Gasteiger partial charge in [-0.25, -0.2) is 4.98 Å². The van der Waals surface area contributed by atoms with E-state index in [0.717, 1.165) is 11.3 Å². The van der Waals surface area contributed by atoms with Gasteiger partial charge in [0.15, 0.2) is 5.13 Å². The second-order valence-electron chi connectivity index (χ2n) is 4.12. The third-order valence-electron chi connectivity index (χ3n) is 2.92. The number of nitrogens with zero attached hydrogens (tertiary/aromatic N) is 1. The average Bonchev–Trinajstić information content (AvgIpc) is 2.67. The first-order valence-corrected chi connectivity index (χ1v) is 6.78. The Morgan fingerprint density at radius 3 is 2.67 bits per heavy atom. The Hall–Kier alpha value is -1.26. The van der Waals surface area contributed by atoms with Crippen molar-refractivity contribution >= 4 is 28.1 Å². The van der Waals surface area contributed by atoms with Gasteiger partial charge in [-0.1, -0.05) is 24.6 Å². The summed E-state index contributed by atoms with van der Waals surface area (Å²) in [5.41, 5.74) is 7.85. The molecule has 2 N–H and O–H groups in total. The summed E-state index contributed by atoms with van der Waals surface area (Å²) in [4.78, 5) is 5.43. The van der Waals surface area contributed by atoms with Crippen LogP contribution in [0.1, 0.15) is 29.0 Å². The van der Waals surface area contributed by atoms with Crippen molar-refractivity contribution in [3.05, 3.63) is 39.4 Å². The fourth-order valence-corrected chi connectivity index (χ4v) is 3.12. The molecule has 0 fully saturated rings. The molecule has 18 heavy (non-hydrogen) atoms. The molecule has 1 aromatic carbocycles. The molecule has 2 aromatic rings. The zero-order valence-corrected chi connectivity index (χ0v) is 12.1. The standard InChI is InChI=1S/C13H15ClN2OS/c1-7(12-8(2)16-13(15)18-12)9-4-5-11(17-3)10(14)6-9/h4-7H,1-3H3,(H2,15,16). The van der Waals surface area contributed by atoms with Crippen molar-refractivity contribution in [2.75, 3.05) is 12.8 Å². The molecule has 0 aliphatic heterocycles. The lowest BCUT2D eigenvalue weighted by Crippen LogP contribution is -1.96. The molecule has 0 spiro atoms. The number of hydrogen-bond donors (Lipinski definition) is 1. The zero-order chi connectivity index (χ0) is 13.3. The second kappa shape index (κ2) is 5.16. The Bertz CT molecular complexity index is 568. The maximum atomic E-state index is 6.14. The minimum absolute atomic E-state index is 0.225. The van der Waals surface area contributed by atoms with E-state index < -0.39 is 0 Å². The number of hydrogen-bond acceptors (Lipinski definition) is 4. The van der Waals surface area contributed by atoms with Crippen LogP contribution in [-0.2, 0) is 0 Å². The Balaban J connectivity index is 2.37. The molecule has 2 rings (SSSR count). The van der Waals surface area contributed by atoms with Crippen LogP contribution >= 0.6 is 22.9 Å². The SMILES string of the molecule is COc1ccc(C(C)c2sc(N)nc2C)cc1Cl. The highest BCUT2D eigenvalue weighted by molar-refractivity contribution is 7.15. The number of rotatable bonds is 3. The number of aromatic nitrogens is 1. The van der Waals surface area contributed by atoms with Gasteiger partial charge < -0.3 is 10.5 Å². The number of benzene rings is 1. The molecule has 1 heterocycles. The Morgan fingerprint density at radius 2 is 2.17 bits per heavy atom. The van der Waals surface area contributed by atoms with E-state index in [1.807, 2.05) is 25.1 Å². The number of anilines is 1. The molecule has 1 atom stereocenters. The molecule has 96 valence electrons. The van der Waals surface area contributed by atoms with Crippen LogP contribution in [0.3, 0.4) is 0 Å². The Kier molecular flexibility index (Phi) is 3.78. The van der Waals surface area contributed by atoms with Crippen LogP contribution < -0.4 is 10.5 Å². The van der Waals surface area contributed by atoms with Gasteiger partial charge in [-0.3, -0.25) is 0 Å². The molecule has 0 amide bonds. The lowest BCUT2D eigenvalue weighted by molar-refractivity contribution is 0.415. The first-order valence-electron chi connectivity index (χ1n) is 5.59. The molecule has 1 aromatic heterocycles. The third-order valence-corrected chi connectivity index (χ3v) is 4.38. The predicted molar refractivity (Wildman–Crippen MR) is 76.8 cm³/mol. The minimum atomic E-state index is 0.225. The second-order valence-corrected chi connectivity index (χ2v) is 5.59. The predicted octanol–water partition coefficient (Wildman–Crippen LogP) is 3.85. The number of methoxy groups -OCH3 is 1. The van der Waals surface area contributed by atoms with Crippen molar-refractivity contribution in [1.82, 2.24) is 4.98 Å². The summed E-state index contributed by atoms with van der Waals surface area (Å²) in [7, 11) is 1.61. The summed E-state index contributed by atoms with van der Waals surface area (Å²) >= 11 is 7.67. The number of ether oxygens (including phenoxy) is 1. The Labute approximate surface area is 116 Å². The fourth-order valence-electron chi connectivity index (χ4n) is 1.93. The lowest BCUT2D eigenvalue weighted by atomic mass is 9.98. The van der Waals surface area contributed by atoms with Gasteiger partial charge in [-0.15, -0.1) is 11.3 Å². The first-order chi connectivity index (χ1) is 8.52. The quantitative estimate of drug-likeness (QED) is 0.930. The molecule has 1 unspecified atom stereocenters. The first kappa shape index (κ1) is 13.2. The molecule has 0 aliphatic carbocycles. The van der Waals surface area contributed by atoms with E-state index in [2.05, 4.69) is 11.9 Å². The highest BCUT2D eigenvalue weighted by Crippen LogP contribution is 2.35. The zero-order valence-electron chi connectivity index (χ0n) is 10.5. The van der Waals surface area contributed by atoms with Crippen LogP contribution in [-0.4, -0.2) is 12.1 Å². The summed E-state index contributed by atoms with van der Waals surface area (Å²) in [5, 5.41) is 1.23. The van der Waals surface area contributed by atoms with Crippen LogP contribution in [0.4, 0.5) is 5.13 Å². The van der Waals surface area contributed by atoms with Crippen molar-refractivity contribution in [2.24, 2.45) is 0 Å². The van der Waals surface area contributed by atoms with Gasteiger partial charge in [0.05, 0.1) is 17.8 Å². The van der Waals surface area contributed by atoms with Gasteiger partial charge in [-0.2, -0.15) is 0 Å². The minimum Gasteiger partial charge on any atom is -0.495 e. The fraction of sp³-hybridized carbons (Fsp3) is 0.308. The van der Waals surface area contributed by atoms with Crippen LogP contribution in [0.2, 0.25) is 5.02 Å². The van der Waals surface area contributed by atoms with Gasteiger partial charge in [0.1, 0.15) is 5.75 Å². The molecule has 3 nitrogen and oxygen atoms in total. The summed E-state index contributed by atoms with van der Waals surface area (Å²) < 4.78 is 5.15. The average molecular weight is 283 g/mol. The van der Waals surface area contributed by atoms with Gasteiger partial charge in [0, 0.05) is 10.8 Å². The van der Waals surface area contributed by atoms with E-state index in [1.54, 1.807) is 7.11 Å². The van der Waals surface area contributed by atoms with Crippen LogP contribution in [0.5, 0.6) is 5.75 Å². The maximum Gasteiger partial charge on any atom is 0.180 e. The molecule has 0 radical (unpaired) electrons. The monoisotopic (exact) mass is 282 g/mol. The highest BCUT2D eigenvalue weighted by atomic mass is 35.5. The summed E-state index contributed by atoms with van der Waals surface area (Å²) in [6.45, 7) is 4.10. The van der Waals surface area contributed by atoms with E-state index in [0.29, 0.717) is 15.9 Å². The molecular weight excluding hydrogens is 268 g/mol. The van der Waals surface area contributed by atoms with Crippen molar-refractivity contribution in [3.63, 3.8) is 0 Å². The smallest absolute Gasteiger partial charge is 0.180 e. The van der Waals surface area contributed by atoms with Gasteiger partial charge >= 0.3 is 0 Å². The van der Waals surface area contributed by atoms with Crippen LogP contribution in [0.15, 0.2) is 18.2 Å². The number of thiazole rings is 1. The van der Waals surface area contributed by atoms with Gasteiger partial charge in [0.2, 0.25) is 0 Å². The number of halogens is 1. The number of aryl methyl sites for hydroxylation is 1. The largest absolute Gasteiger partial charge is 0.495 e. The number of nitrogen functional groups attached to an aromatic ring is 1. The van der Waals surface area contributed by atoms with E-state index in [-0.39, 0.29) is 5.92 Å². The van der Waals surface area contributed by atoms with E-state index >= 15 is 0 Å². The van der Waals surface area contributed by atoms with Crippen LogP contribution in [0, 0.1) is 6.92 Å². The Morgan fingerprint density at radius 1 is 1.44 bits per heavy atom. The van der Waals surface area contributed by atoms with E-state index in [4.69, 9.17) is 22.1 Å². The summed E-state index contributed by atoms with van der Waals surface area (Å²) in [6, 6.07) is 5.83. The topological polar surface area (TPSA) is 48.1 Å². The van der Waals surface area contributed by atoms with Crippen molar-refractivity contribution in [3.8, 4) is 5.75 Å². The van der Waals surface area contributed by atoms with Crippen molar-refractivity contribution in [2.45, 2.75) is 19.8 Å². The van der Waals surface area contributed by atoms with Crippen LogP contribution in [0.25, 0.3) is 0 Å².